The summed E-state index contributed by atoms with van der Waals surface area (Å²) in [5.74, 6) is -1.35. The van der Waals surface area contributed by atoms with Gasteiger partial charge in [-0.05, 0) is 48.4 Å². The SMILES string of the molecule is CC(C)[C@H](NC(=O)[C@@]1(NC(=O)CCc2c[nH]c3ccccc23)CCc2[nH]c3ccccc3c2C1)C(N)=O. The van der Waals surface area contributed by atoms with E-state index in [0.717, 1.165) is 38.6 Å². The van der Waals surface area contributed by atoms with Gasteiger partial charge >= 0.3 is 0 Å². The minimum Gasteiger partial charge on any atom is -0.368 e. The number of nitrogens with two attached hydrogens (primary N) is 1. The Morgan fingerprint density at radius 2 is 1.73 bits per heavy atom. The molecule has 0 fully saturated rings. The zero-order valence-corrected chi connectivity index (χ0v) is 21.2. The Labute approximate surface area is 215 Å². The molecule has 2 aromatic heterocycles. The van der Waals surface area contributed by atoms with Gasteiger partial charge in [-0.3, -0.25) is 14.4 Å². The number of hydrogen-bond acceptors (Lipinski definition) is 3. The first-order chi connectivity index (χ1) is 17.8. The van der Waals surface area contributed by atoms with Crippen LogP contribution >= 0.6 is 0 Å². The van der Waals surface area contributed by atoms with Crippen LogP contribution in [0.5, 0.6) is 0 Å². The lowest BCUT2D eigenvalue weighted by atomic mass is 9.78. The number of hydrogen-bond donors (Lipinski definition) is 5. The van der Waals surface area contributed by atoms with Crippen LogP contribution in [0, 0.1) is 5.92 Å². The molecule has 8 heteroatoms. The molecule has 8 nitrogen and oxygen atoms in total. The number of primary amides is 1. The fourth-order valence-corrected chi connectivity index (χ4v) is 5.52. The number of H-pyrrole nitrogens is 2. The maximum absolute atomic E-state index is 13.8. The van der Waals surface area contributed by atoms with Crippen molar-refractivity contribution >= 4 is 39.5 Å². The van der Waals surface area contributed by atoms with Crippen LogP contribution in [-0.2, 0) is 33.6 Å². The summed E-state index contributed by atoms with van der Waals surface area (Å²) in [6, 6.07) is 15.1. The molecule has 2 atom stereocenters. The summed E-state index contributed by atoms with van der Waals surface area (Å²) >= 11 is 0. The molecular formula is C29H33N5O3. The van der Waals surface area contributed by atoms with Crippen molar-refractivity contribution in [1.82, 2.24) is 20.6 Å². The molecular weight excluding hydrogens is 466 g/mol. The molecule has 1 aliphatic rings. The number of carbonyl (C=O) groups is 3. The highest BCUT2D eigenvalue weighted by Crippen LogP contribution is 2.34. The predicted octanol–water partition coefficient (Wildman–Crippen LogP) is 3.25. The highest BCUT2D eigenvalue weighted by molar-refractivity contribution is 5.96. The van der Waals surface area contributed by atoms with Crippen molar-refractivity contribution in [1.29, 1.82) is 0 Å². The molecule has 5 rings (SSSR count). The average molecular weight is 500 g/mol. The third kappa shape index (κ3) is 4.71. The number of benzene rings is 2. The first kappa shape index (κ1) is 24.6. The molecule has 192 valence electrons. The number of carbonyl (C=O) groups excluding carboxylic acids is 3. The van der Waals surface area contributed by atoms with Gasteiger partial charge in [0, 0.05) is 46.5 Å². The van der Waals surface area contributed by atoms with Gasteiger partial charge in [-0.25, -0.2) is 0 Å². The summed E-state index contributed by atoms with van der Waals surface area (Å²) in [4.78, 5) is 45.9. The van der Waals surface area contributed by atoms with Gasteiger partial charge in [0.25, 0.3) is 0 Å². The summed E-state index contributed by atoms with van der Waals surface area (Å²) < 4.78 is 0. The Morgan fingerprint density at radius 1 is 1.03 bits per heavy atom. The molecule has 6 N–H and O–H groups in total. The van der Waals surface area contributed by atoms with E-state index in [0.29, 0.717) is 25.7 Å². The number of aromatic amines is 2. The molecule has 4 aromatic rings. The lowest BCUT2D eigenvalue weighted by Crippen LogP contribution is -2.64. The highest BCUT2D eigenvalue weighted by atomic mass is 16.2. The number of fused-ring (bicyclic) bond motifs is 4. The van der Waals surface area contributed by atoms with Crippen molar-refractivity contribution in [2.24, 2.45) is 11.7 Å². The summed E-state index contributed by atoms with van der Waals surface area (Å²) in [6.07, 6.45) is 4.06. The van der Waals surface area contributed by atoms with E-state index in [-0.39, 0.29) is 24.2 Å². The van der Waals surface area contributed by atoms with Gasteiger partial charge in [0.2, 0.25) is 17.7 Å². The van der Waals surface area contributed by atoms with Gasteiger partial charge in [0.1, 0.15) is 11.6 Å². The number of aromatic nitrogens is 2. The van der Waals surface area contributed by atoms with Crippen LogP contribution in [0.1, 0.15) is 43.5 Å². The van der Waals surface area contributed by atoms with Gasteiger partial charge < -0.3 is 26.3 Å². The van der Waals surface area contributed by atoms with Crippen LogP contribution in [0.3, 0.4) is 0 Å². The van der Waals surface area contributed by atoms with Crippen LogP contribution in [0.15, 0.2) is 54.7 Å². The van der Waals surface area contributed by atoms with Crippen LogP contribution in [-0.4, -0.2) is 39.3 Å². The van der Waals surface area contributed by atoms with E-state index in [1.165, 1.54) is 0 Å². The number of aryl methyl sites for hydroxylation is 2. The summed E-state index contributed by atoms with van der Waals surface area (Å²) in [5, 5.41) is 8.08. The second-order valence-corrected chi connectivity index (χ2v) is 10.4. The van der Waals surface area contributed by atoms with E-state index in [9.17, 15) is 14.4 Å². The molecule has 0 saturated heterocycles. The molecule has 0 saturated carbocycles. The van der Waals surface area contributed by atoms with E-state index in [4.69, 9.17) is 5.73 Å². The lowest BCUT2D eigenvalue weighted by molar-refractivity contribution is -0.136. The molecule has 0 radical (unpaired) electrons. The molecule has 0 aliphatic heterocycles. The van der Waals surface area contributed by atoms with Gasteiger partial charge in [-0.2, -0.15) is 0 Å². The molecule has 37 heavy (non-hydrogen) atoms. The van der Waals surface area contributed by atoms with Crippen molar-refractivity contribution in [2.75, 3.05) is 0 Å². The first-order valence-corrected chi connectivity index (χ1v) is 12.8. The smallest absolute Gasteiger partial charge is 0.246 e. The fraction of sp³-hybridized carbons (Fsp3) is 0.345. The maximum Gasteiger partial charge on any atom is 0.246 e. The number of nitrogens with one attached hydrogen (secondary N) is 4. The van der Waals surface area contributed by atoms with Crippen LogP contribution in [0.4, 0.5) is 0 Å². The zero-order valence-electron chi connectivity index (χ0n) is 21.2. The second kappa shape index (κ2) is 9.76. The molecule has 2 aromatic carbocycles. The standard InChI is InChI=1S/C29H33N5O3/c1-17(2)26(27(30)36)33-28(37)29(14-13-24-21(15-29)20-8-4-6-10-23(20)32-24)34-25(35)12-11-18-16-31-22-9-5-3-7-19(18)22/h3-10,16-17,26,31-32H,11-15H2,1-2H3,(H2,30,36)(H,33,37)(H,34,35)/t26-,29+/m0/s1. The molecule has 0 bridgehead atoms. The van der Waals surface area contributed by atoms with E-state index in [2.05, 4.69) is 20.6 Å². The molecule has 0 unspecified atom stereocenters. The van der Waals surface area contributed by atoms with Crippen LogP contribution in [0.25, 0.3) is 21.8 Å². The van der Waals surface area contributed by atoms with Gasteiger partial charge in [0.15, 0.2) is 0 Å². The highest BCUT2D eigenvalue weighted by Gasteiger charge is 2.45. The Balaban J connectivity index is 1.41. The van der Waals surface area contributed by atoms with Gasteiger partial charge in [0.05, 0.1) is 0 Å². The van der Waals surface area contributed by atoms with E-state index in [1.807, 2.05) is 68.6 Å². The zero-order chi connectivity index (χ0) is 26.2. The van der Waals surface area contributed by atoms with Crippen molar-refractivity contribution in [2.45, 2.75) is 57.5 Å². The second-order valence-electron chi connectivity index (χ2n) is 10.4. The number of rotatable bonds is 8. The minimum atomic E-state index is -1.18. The quantitative estimate of drug-likeness (QED) is 0.255. The molecule has 2 heterocycles. The summed E-state index contributed by atoms with van der Waals surface area (Å²) in [5.41, 5.74) is 9.60. The third-order valence-corrected chi connectivity index (χ3v) is 7.55. The van der Waals surface area contributed by atoms with E-state index >= 15 is 0 Å². The van der Waals surface area contributed by atoms with Gasteiger partial charge in [-0.1, -0.05) is 50.2 Å². The lowest BCUT2D eigenvalue weighted by Gasteiger charge is -2.38. The largest absolute Gasteiger partial charge is 0.368 e. The molecule has 3 amide bonds. The summed E-state index contributed by atoms with van der Waals surface area (Å²) in [7, 11) is 0. The predicted molar refractivity (Wildman–Crippen MR) is 144 cm³/mol. The van der Waals surface area contributed by atoms with Crippen LogP contribution < -0.4 is 16.4 Å². The Kier molecular flexibility index (Phi) is 6.50. The van der Waals surface area contributed by atoms with Crippen molar-refractivity contribution < 1.29 is 14.4 Å². The van der Waals surface area contributed by atoms with E-state index < -0.39 is 17.5 Å². The first-order valence-electron chi connectivity index (χ1n) is 12.8. The van der Waals surface area contributed by atoms with Crippen molar-refractivity contribution in [3.05, 3.63) is 71.5 Å². The molecule has 0 spiro atoms. The fourth-order valence-electron chi connectivity index (χ4n) is 5.52. The molecule has 1 aliphatic carbocycles. The van der Waals surface area contributed by atoms with Crippen molar-refractivity contribution in [3.8, 4) is 0 Å². The normalized spacial score (nSPS) is 18.0. The van der Waals surface area contributed by atoms with E-state index in [1.54, 1.807) is 0 Å². The monoisotopic (exact) mass is 499 g/mol. The Morgan fingerprint density at radius 3 is 2.46 bits per heavy atom. The summed E-state index contributed by atoms with van der Waals surface area (Å²) in [6.45, 7) is 3.67. The van der Waals surface area contributed by atoms with Crippen LogP contribution in [0.2, 0.25) is 0 Å². The third-order valence-electron chi connectivity index (χ3n) is 7.55. The maximum atomic E-state index is 13.8. The number of amides is 3. The number of para-hydroxylation sites is 2. The Bertz CT molecular complexity index is 1480. The average Bonchev–Trinajstić information content (AvgIpc) is 3.46. The van der Waals surface area contributed by atoms with Gasteiger partial charge in [-0.15, -0.1) is 0 Å². The minimum absolute atomic E-state index is 0.177. The topological polar surface area (TPSA) is 133 Å². The Hall–Kier alpha value is -4.07. The van der Waals surface area contributed by atoms with Crippen molar-refractivity contribution in [3.63, 3.8) is 0 Å².